The minimum atomic E-state index is -4.67. The van der Waals surface area contributed by atoms with Gasteiger partial charge in [0.25, 0.3) is 0 Å². The monoisotopic (exact) mass is 429 g/mol. The average molecular weight is 429 g/mol. The molecule has 0 aliphatic heterocycles. The molecule has 0 saturated carbocycles. The summed E-state index contributed by atoms with van der Waals surface area (Å²) < 4.78 is 31.6. The molecular weight excluding hydrogens is 427 g/mol. The largest absolute Gasteiger partial charge is 0.394 e. The summed E-state index contributed by atoms with van der Waals surface area (Å²) in [5, 5.41) is 0. The first-order valence-corrected chi connectivity index (χ1v) is 2.10. The van der Waals surface area contributed by atoms with Crippen LogP contribution in [0.1, 0.15) is 0 Å². The standard InChI is InChI=1S/Nb.H2O4S.U/c;1-5(2,3)4;/h;(H2,1,2,3,4);. The SMILES string of the molecule is O=S(=O)(O)O.[Nb].[U]. The molecule has 0 aliphatic rings. The molecule has 0 bridgehead atoms. The van der Waals surface area contributed by atoms with E-state index in [1.54, 1.807) is 0 Å². The van der Waals surface area contributed by atoms with Crippen LogP contribution in [0.5, 0.6) is 0 Å². The smallest absolute Gasteiger partial charge is 0.264 e. The summed E-state index contributed by atoms with van der Waals surface area (Å²) in [4.78, 5) is 0. The second-order valence-corrected chi connectivity index (χ2v) is 1.34. The summed E-state index contributed by atoms with van der Waals surface area (Å²) in [5.74, 6) is 0. The summed E-state index contributed by atoms with van der Waals surface area (Å²) in [7, 11) is -4.67. The van der Waals surface area contributed by atoms with E-state index in [1.807, 2.05) is 0 Å². The fourth-order valence-electron chi connectivity index (χ4n) is 0. The van der Waals surface area contributed by atoms with Crippen molar-refractivity contribution in [3.63, 3.8) is 0 Å². The molecule has 0 aromatic heterocycles. The van der Waals surface area contributed by atoms with Crippen LogP contribution in [-0.2, 0) is 32.8 Å². The molecule has 0 fully saturated rings. The molecule has 41 valence electrons. The molecule has 0 aliphatic carbocycles. The topological polar surface area (TPSA) is 74.6 Å². The molecule has 7 heteroatoms. The van der Waals surface area contributed by atoms with E-state index in [0.29, 0.717) is 0 Å². The number of hydrogen-bond donors (Lipinski definition) is 2. The third kappa shape index (κ3) is 88.9. The van der Waals surface area contributed by atoms with Crippen molar-refractivity contribution < 1.29 is 71.0 Å². The van der Waals surface area contributed by atoms with E-state index in [4.69, 9.17) is 17.5 Å². The van der Waals surface area contributed by atoms with Gasteiger partial charge in [0.15, 0.2) is 0 Å². The van der Waals surface area contributed by atoms with Crippen LogP contribution in [0.25, 0.3) is 0 Å². The van der Waals surface area contributed by atoms with Crippen LogP contribution in [-0.4, -0.2) is 17.5 Å². The van der Waals surface area contributed by atoms with Gasteiger partial charge in [0.2, 0.25) is 0 Å². The molecule has 0 unspecified atom stereocenters. The van der Waals surface area contributed by atoms with Crippen LogP contribution in [0.2, 0.25) is 0 Å². The molecular formula is H2NbO4SU. The summed E-state index contributed by atoms with van der Waals surface area (Å²) in [6, 6.07) is 0. The van der Waals surface area contributed by atoms with Crippen LogP contribution in [0, 0.1) is 31.1 Å². The van der Waals surface area contributed by atoms with Crippen molar-refractivity contribution in [1.29, 1.82) is 0 Å². The minimum Gasteiger partial charge on any atom is -0.264 e. The molecule has 0 amide bonds. The first kappa shape index (κ1) is 15.9. The Morgan fingerprint density at radius 2 is 1.14 bits per heavy atom. The Morgan fingerprint density at radius 3 is 1.14 bits per heavy atom. The van der Waals surface area contributed by atoms with E-state index < -0.39 is 10.4 Å². The third-order valence-electron chi connectivity index (χ3n) is 0. The maximum atomic E-state index is 8.74. The molecule has 0 atom stereocenters. The second kappa shape index (κ2) is 5.79. The Morgan fingerprint density at radius 1 is 1.14 bits per heavy atom. The predicted octanol–water partition coefficient (Wildman–Crippen LogP) is -0.655. The first-order chi connectivity index (χ1) is 2.00. The Kier molecular flexibility index (Phi) is 13.1. The zero-order valence-corrected chi connectivity index (χ0v) is 10.2. The molecule has 1 radical (unpaired) electrons. The Balaban J connectivity index is -0.0000000800. The fraction of sp³-hybridized carbons (Fsp3) is 0. The maximum absolute atomic E-state index is 8.74. The van der Waals surface area contributed by atoms with Gasteiger partial charge in [-0.15, -0.1) is 0 Å². The Hall–Kier alpha value is 1.66. The van der Waals surface area contributed by atoms with Gasteiger partial charge in [0.1, 0.15) is 0 Å². The van der Waals surface area contributed by atoms with E-state index >= 15 is 0 Å². The van der Waals surface area contributed by atoms with Crippen LogP contribution in [0.4, 0.5) is 0 Å². The summed E-state index contributed by atoms with van der Waals surface area (Å²) in [5.41, 5.74) is 0. The van der Waals surface area contributed by atoms with Crippen molar-refractivity contribution in [1.82, 2.24) is 0 Å². The van der Waals surface area contributed by atoms with Gasteiger partial charge in [-0.3, -0.25) is 9.11 Å². The molecule has 0 heterocycles. The zero-order valence-electron chi connectivity index (χ0n) is 3.07. The van der Waals surface area contributed by atoms with Gasteiger partial charge in [0, 0.05) is 53.5 Å². The number of rotatable bonds is 0. The average Bonchev–Trinajstić information content (AvgIpc) is 0.722. The Bertz CT molecular complexity index is 94.9. The third-order valence-corrected chi connectivity index (χ3v) is 0. The maximum Gasteiger partial charge on any atom is 0.394 e. The van der Waals surface area contributed by atoms with Crippen molar-refractivity contribution in [3.8, 4) is 0 Å². The van der Waals surface area contributed by atoms with Crippen molar-refractivity contribution in [2.24, 2.45) is 0 Å². The van der Waals surface area contributed by atoms with Gasteiger partial charge in [-0.1, -0.05) is 0 Å². The van der Waals surface area contributed by atoms with Crippen LogP contribution < -0.4 is 0 Å². The van der Waals surface area contributed by atoms with E-state index in [9.17, 15) is 0 Å². The molecule has 0 saturated heterocycles. The van der Waals surface area contributed by atoms with E-state index in [1.165, 1.54) is 0 Å². The van der Waals surface area contributed by atoms with Crippen LogP contribution in [0.15, 0.2) is 0 Å². The molecule has 2 N–H and O–H groups in total. The fourth-order valence-corrected chi connectivity index (χ4v) is 0. The molecule has 0 aromatic carbocycles. The van der Waals surface area contributed by atoms with Crippen molar-refractivity contribution in [3.05, 3.63) is 0 Å². The van der Waals surface area contributed by atoms with Gasteiger partial charge < -0.3 is 0 Å². The van der Waals surface area contributed by atoms with E-state index in [-0.39, 0.29) is 53.5 Å². The van der Waals surface area contributed by atoms with Crippen LogP contribution >= 0.6 is 0 Å². The van der Waals surface area contributed by atoms with Crippen molar-refractivity contribution in [2.75, 3.05) is 0 Å². The normalized spacial score (nSPS) is 8.29. The quantitative estimate of drug-likeness (QED) is 0.397. The summed E-state index contributed by atoms with van der Waals surface area (Å²) >= 11 is 0. The molecule has 0 rings (SSSR count). The molecule has 4 nitrogen and oxygen atoms in total. The van der Waals surface area contributed by atoms with Crippen LogP contribution in [0.3, 0.4) is 0 Å². The number of hydrogen-bond acceptors (Lipinski definition) is 2. The van der Waals surface area contributed by atoms with Gasteiger partial charge >= 0.3 is 10.4 Å². The minimum absolute atomic E-state index is 0. The first-order valence-electron chi connectivity index (χ1n) is 0.698. The predicted molar refractivity (Wildman–Crippen MR) is 14.2 cm³/mol. The second-order valence-electron chi connectivity index (χ2n) is 0.448. The Labute approximate surface area is 80.5 Å². The molecule has 0 aromatic rings. The van der Waals surface area contributed by atoms with Crippen molar-refractivity contribution in [2.45, 2.75) is 0 Å². The van der Waals surface area contributed by atoms with E-state index in [2.05, 4.69) is 0 Å². The van der Waals surface area contributed by atoms with Gasteiger partial charge in [-0.2, -0.15) is 8.42 Å². The molecule has 0 spiro atoms. The summed E-state index contributed by atoms with van der Waals surface area (Å²) in [6.45, 7) is 0. The van der Waals surface area contributed by atoms with Crippen molar-refractivity contribution >= 4 is 10.4 Å². The summed E-state index contributed by atoms with van der Waals surface area (Å²) in [6.07, 6.45) is 0. The van der Waals surface area contributed by atoms with Gasteiger partial charge in [0.05, 0.1) is 0 Å². The van der Waals surface area contributed by atoms with E-state index in [0.717, 1.165) is 0 Å². The van der Waals surface area contributed by atoms with Gasteiger partial charge in [-0.25, -0.2) is 0 Å². The zero-order chi connectivity index (χ0) is 4.50. The molecule has 7 heavy (non-hydrogen) atoms. The van der Waals surface area contributed by atoms with Gasteiger partial charge in [-0.05, 0) is 0 Å².